The molecule has 0 aliphatic heterocycles. The Hall–Kier alpha value is -0.620. The van der Waals surface area contributed by atoms with Crippen LogP contribution in [0.4, 0.5) is 4.39 Å². The topological polar surface area (TPSA) is 66.5 Å². The van der Waals surface area contributed by atoms with Crippen LogP contribution in [0.2, 0.25) is 0 Å². The van der Waals surface area contributed by atoms with E-state index in [2.05, 4.69) is 0 Å². The quantitative estimate of drug-likeness (QED) is 0.697. The van der Waals surface area contributed by atoms with Crippen molar-refractivity contribution >= 4 is 11.8 Å². The molecule has 2 unspecified atom stereocenters. The molecule has 16 heavy (non-hydrogen) atoms. The average molecular weight is 245 g/mol. The predicted molar refractivity (Wildman–Crippen MR) is 63.7 cm³/mol. The van der Waals surface area contributed by atoms with Crippen molar-refractivity contribution in [3.8, 4) is 0 Å². The molecule has 2 atom stereocenters. The third-order valence-corrected chi connectivity index (χ3v) is 3.59. The van der Waals surface area contributed by atoms with Crippen LogP contribution in [0.3, 0.4) is 0 Å². The molecule has 0 aliphatic rings. The van der Waals surface area contributed by atoms with Crippen LogP contribution >= 0.6 is 11.8 Å². The fourth-order valence-corrected chi connectivity index (χ4v) is 2.37. The van der Waals surface area contributed by atoms with E-state index in [0.29, 0.717) is 17.9 Å². The number of thioether (sulfide) groups is 1. The van der Waals surface area contributed by atoms with Gasteiger partial charge in [-0.05, 0) is 6.07 Å². The van der Waals surface area contributed by atoms with E-state index in [1.54, 1.807) is 18.2 Å². The summed E-state index contributed by atoms with van der Waals surface area (Å²) in [6.07, 6.45) is -0.786. The molecule has 0 spiro atoms. The maximum Gasteiger partial charge on any atom is 0.127 e. The van der Waals surface area contributed by atoms with Crippen LogP contribution in [0.15, 0.2) is 24.3 Å². The highest BCUT2D eigenvalue weighted by atomic mass is 32.2. The Bertz CT molecular complexity index is 325. The lowest BCUT2D eigenvalue weighted by Gasteiger charge is -2.17. The lowest BCUT2D eigenvalue weighted by molar-refractivity contribution is 0.113. The number of hydrogen-bond acceptors (Lipinski definition) is 4. The average Bonchev–Trinajstić information content (AvgIpc) is 2.31. The molecule has 0 aliphatic carbocycles. The molecule has 90 valence electrons. The lowest BCUT2D eigenvalue weighted by atomic mass is 10.1. The van der Waals surface area contributed by atoms with Gasteiger partial charge < -0.3 is 15.9 Å². The summed E-state index contributed by atoms with van der Waals surface area (Å²) in [5.74, 6) is 0.0520. The zero-order valence-electron chi connectivity index (χ0n) is 8.84. The Morgan fingerprint density at radius 3 is 2.62 bits per heavy atom. The van der Waals surface area contributed by atoms with E-state index in [9.17, 15) is 9.50 Å². The molecule has 5 heteroatoms. The molecule has 0 saturated carbocycles. The lowest BCUT2D eigenvalue weighted by Crippen LogP contribution is -2.18. The number of benzene rings is 1. The molecular weight excluding hydrogens is 229 g/mol. The first-order valence-electron chi connectivity index (χ1n) is 5.04. The van der Waals surface area contributed by atoms with Gasteiger partial charge in [0.25, 0.3) is 0 Å². The van der Waals surface area contributed by atoms with E-state index in [0.717, 1.165) is 0 Å². The van der Waals surface area contributed by atoms with Gasteiger partial charge in [-0.2, -0.15) is 0 Å². The van der Waals surface area contributed by atoms with Crippen molar-refractivity contribution in [3.05, 3.63) is 35.6 Å². The van der Waals surface area contributed by atoms with Crippen LogP contribution in [-0.2, 0) is 0 Å². The fourth-order valence-electron chi connectivity index (χ4n) is 1.30. The Morgan fingerprint density at radius 2 is 2.06 bits per heavy atom. The van der Waals surface area contributed by atoms with Gasteiger partial charge in [-0.1, -0.05) is 18.2 Å². The molecule has 0 heterocycles. The maximum absolute atomic E-state index is 13.5. The Balaban J connectivity index is 2.64. The van der Waals surface area contributed by atoms with Crippen molar-refractivity contribution < 1.29 is 14.6 Å². The summed E-state index contributed by atoms with van der Waals surface area (Å²) in [5, 5.41) is 17.7. The summed E-state index contributed by atoms with van der Waals surface area (Å²) in [4.78, 5) is 0. The number of halogens is 1. The number of nitrogens with two attached hydrogens (primary N) is 1. The van der Waals surface area contributed by atoms with Crippen molar-refractivity contribution in [1.29, 1.82) is 0 Å². The van der Waals surface area contributed by atoms with Crippen LogP contribution in [0.1, 0.15) is 10.8 Å². The number of hydrogen-bond donors (Lipinski definition) is 3. The molecule has 3 nitrogen and oxygen atoms in total. The van der Waals surface area contributed by atoms with E-state index in [4.69, 9.17) is 10.8 Å². The molecule has 0 aromatic heterocycles. The van der Waals surface area contributed by atoms with Gasteiger partial charge in [0.2, 0.25) is 0 Å². The van der Waals surface area contributed by atoms with Crippen molar-refractivity contribution in [2.45, 2.75) is 11.4 Å². The van der Waals surface area contributed by atoms with E-state index < -0.39 is 6.10 Å². The third-order valence-electron chi connectivity index (χ3n) is 2.17. The van der Waals surface area contributed by atoms with Gasteiger partial charge in [0.05, 0.1) is 12.7 Å². The standard InChI is InChI=1S/C11H16FNO2S/c12-10-4-2-1-3-9(10)11(5-13)16-7-8(15)6-14/h1-4,8,11,14-15H,5-7,13H2. The molecule has 0 bridgehead atoms. The fraction of sp³-hybridized carbons (Fsp3) is 0.455. The molecule has 4 N–H and O–H groups in total. The van der Waals surface area contributed by atoms with Crippen LogP contribution in [0.5, 0.6) is 0 Å². The van der Waals surface area contributed by atoms with Gasteiger partial charge in [-0.15, -0.1) is 11.8 Å². The van der Waals surface area contributed by atoms with E-state index in [-0.39, 0.29) is 17.7 Å². The summed E-state index contributed by atoms with van der Waals surface area (Å²) >= 11 is 1.35. The normalized spacial score (nSPS) is 14.8. The van der Waals surface area contributed by atoms with Crippen LogP contribution in [0, 0.1) is 5.82 Å². The number of aliphatic hydroxyl groups excluding tert-OH is 2. The summed E-state index contributed by atoms with van der Waals surface area (Å²) in [7, 11) is 0. The van der Waals surface area contributed by atoms with E-state index >= 15 is 0 Å². The summed E-state index contributed by atoms with van der Waals surface area (Å²) < 4.78 is 13.5. The van der Waals surface area contributed by atoms with Gasteiger partial charge in [-0.3, -0.25) is 0 Å². The summed E-state index contributed by atoms with van der Waals surface area (Å²) in [6, 6.07) is 6.45. The Kier molecular flexibility index (Phi) is 5.76. The highest BCUT2D eigenvalue weighted by molar-refractivity contribution is 7.99. The first-order chi connectivity index (χ1) is 7.69. The Labute approximate surface area is 98.5 Å². The van der Waals surface area contributed by atoms with Crippen molar-refractivity contribution in [3.63, 3.8) is 0 Å². The molecule has 0 amide bonds. The second-order valence-electron chi connectivity index (χ2n) is 3.42. The smallest absolute Gasteiger partial charge is 0.127 e. The first-order valence-corrected chi connectivity index (χ1v) is 6.09. The Morgan fingerprint density at radius 1 is 1.38 bits per heavy atom. The molecular formula is C11H16FNO2S. The second kappa shape index (κ2) is 6.85. The highest BCUT2D eigenvalue weighted by Gasteiger charge is 2.15. The SMILES string of the molecule is NCC(SCC(O)CO)c1ccccc1F. The monoisotopic (exact) mass is 245 g/mol. The zero-order chi connectivity index (χ0) is 12.0. The summed E-state index contributed by atoms with van der Waals surface area (Å²) in [6.45, 7) is 0.00527. The van der Waals surface area contributed by atoms with Crippen molar-refractivity contribution in [1.82, 2.24) is 0 Å². The third kappa shape index (κ3) is 3.75. The number of aliphatic hydroxyl groups is 2. The molecule has 0 saturated heterocycles. The molecule has 1 rings (SSSR count). The maximum atomic E-state index is 13.5. The second-order valence-corrected chi connectivity index (χ2v) is 4.65. The number of rotatable bonds is 6. The van der Waals surface area contributed by atoms with Crippen molar-refractivity contribution in [2.75, 3.05) is 18.9 Å². The highest BCUT2D eigenvalue weighted by Crippen LogP contribution is 2.29. The van der Waals surface area contributed by atoms with E-state index in [1.807, 2.05) is 0 Å². The van der Waals surface area contributed by atoms with Gasteiger partial charge in [0, 0.05) is 23.1 Å². The minimum atomic E-state index is -0.786. The minimum Gasteiger partial charge on any atom is -0.394 e. The van der Waals surface area contributed by atoms with Crippen LogP contribution in [-0.4, -0.2) is 35.2 Å². The first kappa shape index (κ1) is 13.4. The molecule has 0 fully saturated rings. The largest absolute Gasteiger partial charge is 0.394 e. The van der Waals surface area contributed by atoms with Gasteiger partial charge >= 0.3 is 0 Å². The van der Waals surface area contributed by atoms with Crippen LogP contribution in [0.25, 0.3) is 0 Å². The molecule has 1 aromatic rings. The van der Waals surface area contributed by atoms with Gasteiger partial charge in [0.15, 0.2) is 0 Å². The predicted octanol–water partition coefficient (Wildman–Crippen LogP) is 0.912. The summed E-state index contributed by atoms with van der Waals surface area (Å²) in [5.41, 5.74) is 6.11. The van der Waals surface area contributed by atoms with Gasteiger partial charge in [0.1, 0.15) is 5.82 Å². The molecule has 0 radical (unpaired) electrons. The van der Waals surface area contributed by atoms with E-state index in [1.165, 1.54) is 17.8 Å². The van der Waals surface area contributed by atoms with Crippen LogP contribution < -0.4 is 5.73 Å². The minimum absolute atomic E-state index is 0.192. The van der Waals surface area contributed by atoms with Crippen molar-refractivity contribution in [2.24, 2.45) is 5.73 Å². The zero-order valence-corrected chi connectivity index (χ0v) is 9.66. The molecule has 1 aromatic carbocycles. The van der Waals surface area contributed by atoms with Gasteiger partial charge in [-0.25, -0.2) is 4.39 Å².